The Morgan fingerprint density at radius 2 is 1.20 bits per heavy atom. The molecule has 0 N–H and O–H groups in total. The molecular weight excluding hydrogens is 426 g/mol. The van der Waals surface area contributed by atoms with Crippen molar-refractivity contribution in [3.63, 3.8) is 0 Å². The summed E-state index contributed by atoms with van der Waals surface area (Å²) in [7, 11) is -6.02. The van der Waals surface area contributed by atoms with E-state index in [1.165, 1.54) is 56.7 Å². The molecule has 3 aromatic rings. The number of ether oxygens (including phenoxy) is 2. The summed E-state index contributed by atoms with van der Waals surface area (Å²) in [4.78, 5) is -0.347. The van der Waals surface area contributed by atoms with Gasteiger partial charge in [-0.2, -0.15) is 0 Å². The Hall–Kier alpha value is -2.88. The molecule has 0 bridgehead atoms. The van der Waals surface area contributed by atoms with E-state index in [0.717, 1.165) is 0 Å². The van der Waals surface area contributed by atoms with Crippen LogP contribution in [0.5, 0.6) is 11.5 Å². The molecule has 0 heterocycles. The molecule has 158 valence electrons. The molecule has 0 atom stereocenters. The molecule has 0 saturated carbocycles. The Balaban J connectivity index is 2.16. The van der Waals surface area contributed by atoms with Crippen LogP contribution in [-0.4, -0.2) is 34.8 Å². The fourth-order valence-electron chi connectivity index (χ4n) is 2.84. The van der Waals surface area contributed by atoms with Crippen LogP contribution < -0.4 is 9.47 Å². The van der Waals surface area contributed by atoms with Crippen LogP contribution in [0.25, 0.3) is 0 Å². The normalized spacial score (nSPS) is 12.0. The van der Waals surface area contributed by atoms with E-state index in [0.29, 0.717) is 15.0 Å². The Morgan fingerprint density at radius 3 is 1.77 bits per heavy atom. The molecule has 0 saturated heterocycles. The third-order valence-electron chi connectivity index (χ3n) is 4.38. The zero-order chi connectivity index (χ0) is 21.8. The lowest BCUT2D eigenvalue weighted by Gasteiger charge is -2.23. The predicted octanol–water partition coefficient (Wildman–Crippen LogP) is 3.28. The average molecular weight is 448 g/mol. The minimum atomic E-state index is -4.45. The molecule has 3 rings (SSSR count). The summed E-state index contributed by atoms with van der Waals surface area (Å²) in [5.74, 6) is 0.507. The van der Waals surface area contributed by atoms with Crippen LogP contribution in [0, 0.1) is 0 Å². The van der Waals surface area contributed by atoms with Crippen molar-refractivity contribution in [1.82, 2.24) is 3.71 Å². The quantitative estimate of drug-likeness (QED) is 0.526. The van der Waals surface area contributed by atoms with Gasteiger partial charge in [-0.05, 0) is 29.8 Å². The van der Waals surface area contributed by atoms with Crippen molar-refractivity contribution in [2.24, 2.45) is 0 Å². The van der Waals surface area contributed by atoms with E-state index >= 15 is 0 Å². The summed E-state index contributed by atoms with van der Waals surface area (Å²) in [6, 6.07) is 19.9. The van der Waals surface area contributed by atoms with Gasteiger partial charge in [0.05, 0.1) is 30.6 Å². The lowest BCUT2D eigenvalue weighted by Crippen LogP contribution is -2.36. The zero-order valence-corrected chi connectivity index (χ0v) is 18.1. The van der Waals surface area contributed by atoms with Gasteiger partial charge in [0.1, 0.15) is 0 Å². The van der Waals surface area contributed by atoms with Crippen LogP contribution >= 0.6 is 0 Å². The number of hydrogen-bond acceptors (Lipinski definition) is 6. The van der Waals surface area contributed by atoms with Crippen LogP contribution in [0.2, 0.25) is 0 Å². The number of hydrogen-bond donors (Lipinski definition) is 0. The zero-order valence-electron chi connectivity index (χ0n) is 16.4. The lowest BCUT2D eigenvalue weighted by atomic mass is 10.2. The number of sulfonamides is 2. The maximum Gasteiger partial charge on any atom is 0.256 e. The van der Waals surface area contributed by atoms with Crippen molar-refractivity contribution < 1.29 is 26.3 Å². The van der Waals surface area contributed by atoms with Gasteiger partial charge >= 0.3 is 0 Å². The van der Waals surface area contributed by atoms with Gasteiger partial charge < -0.3 is 9.47 Å². The fourth-order valence-corrected chi connectivity index (χ4v) is 6.49. The highest BCUT2D eigenvalue weighted by Gasteiger charge is 2.37. The Kier molecular flexibility index (Phi) is 6.45. The summed E-state index contributed by atoms with van der Waals surface area (Å²) >= 11 is 0. The van der Waals surface area contributed by atoms with Gasteiger partial charge in [-0.1, -0.05) is 52.2 Å². The molecular formula is C21H21NO6S2. The van der Waals surface area contributed by atoms with Crippen LogP contribution in [-0.2, 0) is 26.6 Å². The smallest absolute Gasteiger partial charge is 0.256 e. The molecule has 9 heteroatoms. The van der Waals surface area contributed by atoms with E-state index in [2.05, 4.69) is 0 Å². The van der Waals surface area contributed by atoms with Crippen LogP contribution in [0.15, 0.2) is 88.7 Å². The molecule has 0 spiro atoms. The molecule has 0 aliphatic rings. The van der Waals surface area contributed by atoms with Crippen molar-refractivity contribution in [3.8, 4) is 11.5 Å². The minimum Gasteiger partial charge on any atom is -0.493 e. The topological polar surface area (TPSA) is 90.0 Å². The average Bonchev–Trinajstić information content (AvgIpc) is 2.78. The Bertz CT molecular complexity index is 1210. The number of rotatable bonds is 8. The van der Waals surface area contributed by atoms with Crippen molar-refractivity contribution in [2.45, 2.75) is 16.3 Å². The monoisotopic (exact) mass is 447 g/mol. The molecule has 3 aromatic carbocycles. The predicted molar refractivity (Wildman–Crippen MR) is 112 cm³/mol. The van der Waals surface area contributed by atoms with E-state index in [1.54, 1.807) is 36.4 Å². The maximum atomic E-state index is 13.5. The largest absolute Gasteiger partial charge is 0.493 e. The first-order valence-corrected chi connectivity index (χ1v) is 11.8. The molecule has 0 aromatic heterocycles. The third-order valence-corrected chi connectivity index (χ3v) is 8.61. The van der Waals surface area contributed by atoms with E-state index in [4.69, 9.17) is 9.47 Å². The minimum absolute atomic E-state index is 0.120. The van der Waals surface area contributed by atoms with E-state index in [-0.39, 0.29) is 22.1 Å². The molecule has 0 unspecified atom stereocenters. The van der Waals surface area contributed by atoms with Crippen molar-refractivity contribution in [3.05, 3.63) is 84.4 Å². The molecule has 0 radical (unpaired) electrons. The Morgan fingerprint density at radius 1 is 0.667 bits per heavy atom. The molecule has 0 amide bonds. The van der Waals surface area contributed by atoms with Crippen molar-refractivity contribution in [2.75, 3.05) is 14.2 Å². The fraction of sp³-hybridized carbons (Fsp3) is 0.143. The highest BCUT2D eigenvalue weighted by atomic mass is 32.3. The second kappa shape index (κ2) is 8.86. The summed E-state index contributed by atoms with van der Waals surface area (Å²) in [5.41, 5.74) is 0.529. The lowest BCUT2D eigenvalue weighted by molar-refractivity contribution is 0.353. The highest BCUT2D eigenvalue weighted by Crippen LogP contribution is 2.33. The van der Waals surface area contributed by atoms with Gasteiger partial charge in [-0.25, -0.2) is 16.8 Å². The summed E-state index contributed by atoms with van der Waals surface area (Å²) < 4.78 is 64.4. The first-order chi connectivity index (χ1) is 14.3. The van der Waals surface area contributed by atoms with Crippen molar-refractivity contribution in [1.29, 1.82) is 0 Å². The molecule has 7 nitrogen and oxygen atoms in total. The SMILES string of the molecule is COc1ccc(S(=O)(=O)N(Cc2ccccc2)S(=O)(=O)c2ccccc2)cc1OC. The van der Waals surface area contributed by atoms with E-state index in [1.807, 2.05) is 0 Å². The highest BCUT2D eigenvalue weighted by molar-refractivity contribution is 8.04. The summed E-state index contributed by atoms with van der Waals surface area (Å²) in [6.45, 7) is -0.352. The van der Waals surface area contributed by atoms with E-state index in [9.17, 15) is 16.8 Å². The third kappa shape index (κ3) is 4.33. The van der Waals surface area contributed by atoms with Crippen molar-refractivity contribution >= 4 is 20.0 Å². The molecule has 0 aliphatic heterocycles. The van der Waals surface area contributed by atoms with Gasteiger partial charge in [-0.15, -0.1) is 0 Å². The standard InChI is InChI=1S/C21H21NO6S2/c1-27-20-14-13-19(15-21(20)28-2)30(25,26)22(16-17-9-5-3-6-10-17)29(23,24)18-11-7-4-8-12-18/h3-15H,16H2,1-2H3. The maximum absolute atomic E-state index is 13.5. The summed E-state index contributed by atoms with van der Waals surface area (Å²) in [5, 5.41) is 0. The molecule has 0 fully saturated rings. The number of nitrogens with zero attached hydrogens (tertiary/aromatic N) is 1. The van der Waals surface area contributed by atoms with Gasteiger partial charge in [0.15, 0.2) is 11.5 Å². The van der Waals surface area contributed by atoms with Gasteiger partial charge in [0.2, 0.25) is 0 Å². The first-order valence-electron chi connectivity index (χ1n) is 8.89. The molecule has 30 heavy (non-hydrogen) atoms. The number of methoxy groups -OCH3 is 2. The molecule has 0 aliphatic carbocycles. The number of benzene rings is 3. The van der Waals surface area contributed by atoms with Gasteiger partial charge in [0.25, 0.3) is 20.0 Å². The van der Waals surface area contributed by atoms with Crippen LogP contribution in [0.3, 0.4) is 0 Å². The first kappa shape index (κ1) is 21.8. The second-order valence-electron chi connectivity index (χ2n) is 6.26. The van der Waals surface area contributed by atoms with Gasteiger partial charge in [0, 0.05) is 6.07 Å². The van der Waals surface area contributed by atoms with Crippen LogP contribution in [0.4, 0.5) is 0 Å². The Labute approximate surface area is 176 Å². The summed E-state index contributed by atoms with van der Waals surface area (Å²) in [6.07, 6.45) is 0. The second-order valence-corrected chi connectivity index (χ2v) is 10.2. The van der Waals surface area contributed by atoms with Gasteiger partial charge in [-0.3, -0.25) is 0 Å². The van der Waals surface area contributed by atoms with Crippen LogP contribution in [0.1, 0.15) is 5.56 Å². The van der Waals surface area contributed by atoms with E-state index < -0.39 is 20.0 Å².